The summed E-state index contributed by atoms with van der Waals surface area (Å²) < 4.78 is 31.7. The van der Waals surface area contributed by atoms with Crippen LogP contribution in [-0.2, 0) is 6.54 Å². The standard InChI is InChI=1S/C16H13ClF2N2O2/c1-10-8-11(23-7-6-20)2-3-12(10)14-5-4-13(17)16(22)21(14)9-15(18)19/h2-5,8,15H,7,9H2,1H3. The lowest BCUT2D eigenvalue weighted by atomic mass is 10.0. The number of hydrogen-bond donors (Lipinski definition) is 0. The lowest BCUT2D eigenvalue weighted by Crippen LogP contribution is -2.25. The summed E-state index contributed by atoms with van der Waals surface area (Å²) in [7, 11) is 0. The van der Waals surface area contributed by atoms with E-state index in [2.05, 4.69) is 0 Å². The Morgan fingerprint density at radius 1 is 1.35 bits per heavy atom. The van der Waals surface area contributed by atoms with Crippen molar-refractivity contribution >= 4 is 11.6 Å². The summed E-state index contributed by atoms with van der Waals surface area (Å²) in [5.74, 6) is 0.490. The van der Waals surface area contributed by atoms with Gasteiger partial charge in [0.15, 0.2) is 6.61 Å². The van der Waals surface area contributed by atoms with Crippen LogP contribution in [0.15, 0.2) is 35.1 Å². The second-order valence-electron chi connectivity index (χ2n) is 4.80. The zero-order valence-electron chi connectivity index (χ0n) is 12.2. The molecule has 4 nitrogen and oxygen atoms in total. The van der Waals surface area contributed by atoms with Crippen molar-refractivity contribution in [2.24, 2.45) is 0 Å². The summed E-state index contributed by atoms with van der Waals surface area (Å²) >= 11 is 5.75. The van der Waals surface area contributed by atoms with Gasteiger partial charge in [-0.1, -0.05) is 11.6 Å². The zero-order valence-corrected chi connectivity index (χ0v) is 13.0. The average molecular weight is 339 g/mol. The maximum atomic E-state index is 12.8. The van der Waals surface area contributed by atoms with Crippen LogP contribution in [0, 0.1) is 18.3 Å². The van der Waals surface area contributed by atoms with E-state index in [4.69, 9.17) is 21.6 Å². The van der Waals surface area contributed by atoms with E-state index in [1.807, 2.05) is 6.07 Å². The summed E-state index contributed by atoms with van der Waals surface area (Å²) in [6.07, 6.45) is -2.68. The van der Waals surface area contributed by atoms with Gasteiger partial charge in [0.25, 0.3) is 12.0 Å². The Kier molecular flexibility index (Phi) is 5.35. The lowest BCUT2D eigenvalue weighted by molar-refractivity contribution is 0.126. The summed E-state index contributed by atoms with van der Waals surface area (Å²) in [6.45, 7) is 0.942. The molecule has 1 aromatic carbocycles. The van der Waals surface area contributed by atoms with Crippen LogP contribution in [0.25, 0.3) is 11.3 Å². The predicted octanol–water partition coefficient (Wildman–Crippen LogP) is 3.64. The van der Waals surface area contributed by atoms with Gasteiger partial charge in [-0.2, -0.15) is 5.26 Å². The Labute approximate surface area is 136 Å². The van der Waals surface area contributed by atoms with Crippen LogP contribution in [0.3, 0.4) is 0 Å². The monoisotopic (exact) mass is 338 g/mol. The zero-order chi connectivity index (χ0) is 17.0. The van der Waals surface area contributed by atoms with E-state index < -0.39 is 18.5 Å². The number of nitrogens with zero attached hydrogens (tertiary/aromatic N) is 2. The smallest absolute Gasteiger partial charge is 0.269 e. The van der Waals surface area contributed by atoms with Gasteiger partial charge in [0.1, 0.15) is 16.8 Å². The van der Waals surface area contributed by atoms with Gasteiger partial charge < -0.3 is 9.30 Å². The number of halogens is 3. The fraction of sp³-hybridized carbons (Fsp3) is 0.250. The number of alkyl halides is 2. The molecule has 1 heterocycles. The highest BCUT2D eigenvalue weighted by molar-refractivity contribution is 6.30. The normalized spacial score (nSPS) is 10.6. The fourth-order valence-electron chi connectivity index (χ4n) is 2.24. The minimum atomic E-state index is -2.68. The van der Waals surface area contributed by atoms with Gasteiger partial charge in [0, 0.05) is 5.56 Å². The number of aromatic nitrogens is 1. The van der Waals surface area contributed by atoms with E-state index in [9.17, 15) is 13.6 Å². The third-order valence-electron chi connectivity index (χ3n) is 3.23. The Hall–Kier alpha value is -2.39. The Balaban J connectivity index is 2.52. The second kappa shape index (κ2) is 7.25. The van der Waals surface area contributed by atoms with Gasteiger partial charge in [-0.25, -0.2) is 8.78 Å². The van der Waals surface area contributed by atoms with Gasteiger partial charge in [-0.05, 0) is 42.8 Å². The molecule has 2 rings (SSSR count). The summed E-state index contributed by atoms with van der Waals surface area (Å²) in [4.78, 5) is 12.1. The molecule has 0 bridgehead atoms. The predicted molar refractivity (Wildman–Crippen MR) is 83.0 cm³/mol. The molecule has 0 aliphatic carbocycles. The second-order valence-corrected chi connectivity index (χ2v) is 5.20. The van der Waals surface area contributed by atoms with E-state index in [-0.39, 0.29) is 11.6 Å². The molecule has 0 radical (unpaired) electrons. The largest absolute Gasteiger partial charge is 0.479 e. The summed E-state index contributed by atoms with van der Waals surface area (Å²) in [6, 6.07) is 9.74. The van der Waals surface area contributed by atoms with E-state index in [0.29, 0.717) is 17.0 Å². The molecule has 2 aromatic rings. The highest BCUT2D eigenvalue weighted by Crippen LogP contribution is 2.27. The molecule has 0 aliphatic rings. The maximum absolute atomic E-state index is 12.8. The third-order valence-corrected chi connectivity index (χ3v) is 3.51. The Morgan fingerprint density at radius 3 is 2.70 bits per heavy atom. The number of hydrogen-bond acceptors (Lipinski definition) is 3. The SMILES string of the molecule is Cc1cc(OCC#N)ccc1-c1ccc(Cl)c(=O)n1CC(F)F. The molecule has 0 atom stereocenters. The van der Waals surface area contributed by atoms with Crippen molar-refractivity contribution < 1.29 is 13.5 Å². The number of pyridine rings is 1. The highest BCUT2D eigenvalue weighted by Gasteiger charge is 2.15. The minimum Gasteiger partial charge on any atom is -0.479 e. The number of rotatable bonds is 5. The van der Waals surface area contributed by atoms with E-state index in [0.717, 1.165) is 10.1 Å². The van der Waals surface area contributed by atoms with Crippen LogP contribution in [0.5, 0.6) is 5.75 Å². The Bertz CT molecular complexity index is 813. The molecular formula is C16H13ClF2N2O2. The number of ether oxygens (including phenoxy) is 1. The third kappa shape index (κ3) is 3.88. The first-order valence-corrected chi connectivity index (χ1v) is 7.10. The molecular weight excluding hydrogens is 326 g/mol. The number of aryl methyl sites for hydroxylation is 1. The topological polar surface area (TPSA) is 55.0 Å². The minimum absolute atomic E-state index is 0.0875. The van der Waals surface area contributed by atoms with Gasteiger partial charge in [0.2, 0.25) is 0 Å². The molecule has 0 fully saturated rings. The number of nitriles is 1. The van der Waals surface area contributed by atoms with Crippen LogP contribution in [0.2, 0.25) is 5.02 Å². The summed E-state index contributed by atoms with van der Waals surface area (Å²) in [5, 5.41) is 8.40. The lowest BCUT2D eigenvalue weighted by Gasteiger charge is -2.15. The van der Waals surface area contributed by atoms with Gasteiger partial charge >= 0.3 is 0 Å². The van der Waals surface area contributed by atoms with Gasteiger partial charge in [-0.15, -0.1) is 0 Å². The first-order valence-electron chi connectivity index (χ1n) is 6.72. The molecule has 0 aliphatic heterocycles. The van der Waals surface area contributed by atoms with Crippen LogP contribution in [0.4, 0.5) is 8.78 Å². The van der Waals surface area contributed by atoms with Gasteiger partial charge in [-0.3, -0.25) is 4.79 Å². The van der Waals surface area contributed by atoms with Crippen molar-refractivity contribution in [3.05, 3.63) is 51.3 Å². The number of benzene rings is 1. The van der Waals surface area contributed by atoms with Crippen molar-refractivity contribution in [1.29, 1.82) is 5.26 Å². The van der Waals surface area contributed by atoms with Crippen LogP contribution in [-0.4, -0.2) is 17.6 Å². The van der Waals surface area contributed by atoms with Crippen molar-refractivity contribution in [1.82, 2.24) is 4.57 Å². The first kappa shape index (κ1) is 17.0. The summed E-state index contributed by atoms with van der Waals surface area (Å²) in [5.41, 5.74) is 1.03. The van der Waals surface area contributed by atoms with E-state index >= 15 is 0 Å². The van der Waals surface area contributed by atoms with Gasteiger partial charge in [0.05, 0.1) is 12.2 Å². The molecule has 0 amide bonds. The molecule has 0 saturated carbocycles. The molecule has 1 aromatic heterocycles. The molecule has 7 heteroatoms. The molecule has 0 spiro atoms. The quantitative estimate of drug-likeness (QED) is 0.836. The maximum Gasteiger partial charge on any atom is 0.269 e. The van der Waals surface area contributed by atoms with Crippen molar-refractivity contribution in [3.63, 3.8) is 0 Å². The van der Waals surface area contributed by atoms with Crippen LogP contribution in [0.1, 0.15) is 5.56 Å². The van der Waals surface area contributed by atoms with Crippen molar-refractivity contribution in [2.75, 3.05) is 6.61 Å². The van der Waals surface area contributed by atoms with Crippen molar-refractivity contribution in [3.8, 4) is 23.1 Å². The Morgan fingerprint density at radius 2 is 2.09 bits per heavy atom. The fourth-order valence-corrected chi connectivity index (χ4v) is 2.40. The first-order chi connectivity index (χ1) is 10.9. The van der Waals surface area contributed by atoms with E-state index in [1.165, 1.54) is 12.1 Å². The van der Waals surface area contributed by atoms with Crippen LogP contribution < -0.4 is 10.3 Å². The van der Waals surface area contributed by atoms with Crippen LogP contribution >= 0.6 is 11.6 Å². The average Bonchev–Trinajstić information content (AvgIpc) is 2.50. The molecule has 0 N–H and O–H groups in total. The van der Waals surface area contributed by atoms with Crippen molar-refractivity contribution in [2.45, 2.75) is 19.9 Å². The highest BCUT2D eigenvalue weighted by atomic mass is 35.5. The molecule has 0 unspecified atom stereocenters. The molecule has 0 saturated heterocycles. The molecule has 120 valence electrons. The molecule has 23 heavy (non-hydrogen) atoms. The van der Waals surface area contributed by atoms with E-state index in [1.54, 1.807) is 25.1 Å².